The molecule has 0 spiro atoms. The van der Waals surface area contributed by atoms with Crippen LogP contribution < -0.4 is 10.2 Å². The van der Waals surface area contributed by atoms with Gasteiger partial charge in [-0.15, -0.1) is 0 Å². The predicted octanol–water partition coefficient (Wildman–Crippen LogP) is 4.34. The molecule has 0 amide bonds. The number of anilines is 2. The Hall–Kier alpha value is -4.24. The number of halogens is 3. The highest BCUT2D eigenvalue weighted by molar-refractivity contribution is 5.96. The summed E-state index contributed by atoms with van der Waals surface area (Å²) in [6.45, 7) is 10.5. The average Bonchev–Trinajstić information content (AvgIpc) is 3.25. The number of nitrogens with one attached hydrogen (secondary N) is 2. The van der Waals surface area contributed by atoms with E-state index in [2.05, 4.69) is 35.1 Å². The Morgan fingerprint density at radius 2 is 2.00 bits per heavy atom. The van der Waals surface area contributed by atoms with Crippen LogP contribution in [0.25, 0.3) is 27.1 Å². The first kappa shape index (κ1) is 22.5. The number of hydrogen-bond donors (Lipinski definition) is 3. The lowest BCUT2D eigenvalue weighted by Crippen LogP contribution is -2.51. The predicted molar refractivity (Wildman–Crippen MR) is 123 cm³/mol. The van der Waals surface area contributed by atoms with E-state index in [9.17, 15) is 18.3 Å². The number of alkyl halides is 3. The molecule has 0 aromatic carbocycles. The minimum atomic E-state index is -4.55. The van der Waals surface area contributed by atoms with Crippen LogP contribution in [0.3, 0.4) is 0 Å². The van der Waals surface area contributed by atoms with Gasteiger partial charge in [0.15, 0.2) is 0 Å². The fourth-order valence-corrected chi connectivity index (χ4v) is 3.84. The average molecular weight is 480 g/mol. The van der Waals surface area contributed by atoms with Crippen LogP contribution in [-0.4, -0.2) is 49.2 Å². The minimum absolute atomic E-state index is 0.101. The summed E-state index contributed by atoms with van der Waals surface area (Å²) in [5.41, 5.74) is 0.850. The van der Waals surface area contributed by atoms with Crippen LogP contribution in [0, 0.1) is 6.57 Å². The first-order valence-electron chi connectivity index (χ1n) is 10.7. The summed E-state index contributed by atoms with van der Waals surface area (Å²) < 4.78 is 39.7. The van der Waals surface area contributed by atoms with Gasteiger partial charge in [-0.25, -0.2) is 24.8 Å². The van der Waals surface area contributed by atoms with Gasteiger partial charge in [-0.2, -0.15) is 13.2 Å². The summed E-state index contributed by atoms with van der Waals surface area (Å²) in [6, 6.07) is 4.52. The lowest BCUT2D eigenvalue weighted by molar-refractivity contribution is -0.137. The molecular weight excluding hydrogens is 461 g/mol. The maximum atomic E-state index is 13.2. The Morgan fingerprint density at radius 1 is 1.20 bits per heavy atom. The highest BCUT2D eigenvalue weighted by atomic mass is 19.4. The number of nitrogens with zero attached hydrogens (tertiary/aromatic N) is 6. The molecule has 1 aliphatic rings. The van der Waals surface area contributed by atoms with E-state index < -0.39 is 11.7 Å². The van der Waals surface area contributed by atoms with Crippen molar-refractivity contribution in [3.05, 3.63) is 65.5 Å². The van der Waals surface area contributed by atoms with E-state index in [0.29, 0.717) is 18.7 Å². The Balaban J connectivity index is 1.43. The fourth-order valence-electron chi connectivity index (χ4n) is 3.84. The smallest absolute Gasteiger partial charge is 0.389 e. The van der Waals surface area contributed by atoms with Gasteiger partial charge in [-0.1, -0.05) is 6.07 Å². The summed E-state index contributed by atoms with van der Waals surface area (Å²) in [7, 11) is 0. The van der Waals surface area contributed by atoms with Crippen molar-refractivity contribution < 1.29 is 18.3 Å². The summed E-state index contributed by atoms with van der Waals surface area (Å²) in [6.07, 6.45) is 0.422. The number of β-amino-alcohol motifs (C(OH)–C–C–N with tert-alkyl or cyclic N) is 1. The zero-order valence-corrected chi connectivity index (χ0v) is 18.4. The van der Waals surface area contributed by atoms with E-state index in [4.69, 9.17) is 6.57 Å². The number of fused-ring (bicyclic) bond motifs is 1. The topological polar surface area (TPSA) is 107 Å². The van der Waals surface area contributed by atoms with Crippen molar-refractivity contribution in [2.24, 2.45) is 0 Å². The number of aromatic amines is 1. The molecule has 0 saturated carbocycles. The SMILES string of the molecule is [C-]#[N+]c1cnc(NC(C)c2ccc(N3CC(O)C3)nc2)nc1-c1c[nH]c2ncc(C(F)(F)F)cc12. The van der Waals surface area contributed by atoms with Crippen LogP contribution >= 0.6 is 0 Å². The molecule has 35 heavy (non-hydrogen) atoms. The van der Waals surface area contributed by atoms with Crippen molar-refractivity contribution in [1.82, 2.24) is 24.9 Å². The largest absolute Gasteiger partial charge is 0.417 e. The van der Waals surface area contributed by atoms with Crippen molar-refractivity contribution in [3.8, 4) is 11.3 Å². The molecule has 4 aromatic rings. The third-order valence-corrected chi connectivity index (χ3v) is 5.81. The number of pyridine rings is 2. The molecule has 1 unspecified atom stereocenters. The minimum Gasteiger partial charge on any atom is -0.389 e. The molecule has 0 aliphatic carbocycles. The van der Waals surface area contributed by atoms with Gasteiger partial charge in [0.1, 0.15) is 11.5 Å². The number of aliphatic hydroxyl groups is 1. The van der Waals surface area contributed by atoms with Gasteiger partial charge >= 0.3 is 6.18 Å². The zero-order chi connectivity index (χ0) is 24.7. The molecule has 0 bridgehead atoms. The van der Waals surface area contributed by atoms with Gasteiger partial charge in [0, 0.05) is 48.8 Å². The lowest BCUT2D eigenvalue weighted by atomic mass is 10.1. The first-order valence-corrected chi connectivity index (χ1v) is 10.7. The fraction of sp³-hybridized carbons (Fsp3) is 0.261. The van der Waals surface area contributed by atoms with Gasteiger partial charge in [-0.3, -0.25) is 0 Å². The molecule has 4 aromatic heterocycles. The second kappa shape index (κ2) is 8.52. The number of aromatic nitrogens is 5. The molecule has 1 saturated heterocycles. The third-order valence-electron chi connectivity index (χ3n) is 5.81. The quantitative estimate of drug-likeness (QED) is 0.365. The van der Waals surface area contributed by atoms with Crippen LogP contribution in [0.4, 0.5) is 30.6 Å². The highest BCUT2D eigenvalue weighted by Gasteiger charge is 2.32. The number of hydrogen-bond acceptors (Lipinski definition) is 7. The summed E-state index contributed by atoms with van der Waals surface area (Å²) in [5.74, 6) is 0.987. The number of H-pyrrole nitrogens is 1. The van der Waals surface area contributed by atoms with Crippen LogP contribution in [0.5, 0.6) is 0 Å². The van der Waals surface area contributed by atoms with E-state index in [1.165, 1.54) is 12.4 Å². The molecule has 1 atom stereocenters. The Morgan fingerprint density at radius 3 is 2.66 bits per heavy atom. The lowest BCUT2D eigenvalue weighted by Gasteiger charge is -2.36. The summed E-state index contributed by atoms with van der Waals surface area (Å²) in [4.78, 5) is 25.2. The van der Waals surface area contributed by atoms with Gasteiger partial charge in [-0.05, 0) is 24.6 Å². The zero-order valence-electron chi connectivity index (χ0n) is 18.4. The normalized spacial score (nSPS) is 15.0. The van der Waals surface area contributed by atoms with Crippen molar-refractivity contribution >= 4 is 28.5 Å². The molecule has 3 N–H and O–H groups in total. The van der Waals surface area contributed by atoms with Crippen LogP contribution in [0.1, 0.15) is 24.1 Å². The number of aliphatic hydroxyl groups excluding tert-OH is 1. The molecule has 178 valence electrons. The third kappa shape index (κ3) is 4.33. The van der Waals surface area contributed by atoms with Crippen molar-refractivity contribution in [3.63, 3.8) is 0 Å². The molecule has 1 aliphatic heterocycles. The molecule has 1 fully saturated rings. The van der Waals surface area contributed by atoms with E-state index >= 15 is 0 Å². The van der Waals surface area contributed by atoms with Crippen molar-refractivity contribution in [1.29, 1.82) is 0 Å². The van der Waals surface area contributed by atoms with Gasteiger partial charge in [0.05, 0.1) is 30.0 Å². The molecule has 5 heterocycles. The maximum Gasteiger partial charge on any atom is 0.417 e. The van der Waals surface area contributed by atoms with Crippen LogP contribution in [0.2, 0.25) is 0 Å². The van der Waals surface area contributed by atoms with Gasteiger partial charge < -0.3 is 20.3 Å². The summed E-state index contributed by atoms with van der Waals surface area (Å²) >= 11 is 0. The molecule has 0 radical (unpaired) electrons. The maximum absolute atomic E-state index is 13.2. The first-order chi connectivity index (χ1) is 16.7. The summed E-state index contributed by atoms with van der Waals surface area (Å²) in [5, 5.41) is 12.8. The Kier molecular flexibility index (Phi) is 5.49. The van der Waals surface area contributed by atoms with Crippen LogP contribution in [-0.2, 0) is 6.18 Å². The van der Waals surface area contributed by atoms with Gasteiger partial charge in [0.25, 0.3) is 0 Å². The molecule has 12 heteroatoms. The van der Waals surface area contributed by atoms with Crippen molar-refractivity contribution in [2.75, 3.05) is 23.3 Å². The second-order valence-corrected chi connectivity index (χ2v) is 8.23. The Labute approximate surface area is 197 Å². The van der Waals surface area contributed by atoms with E-state index in [1.54, 1.807) is 6.20 Å². The molecule has 5 rings (SSSR count). The highest BCUT2D eigenvalue weighted by Crippen LogP contribution is 2.37. The number of rotatable bonds is 5. The van der Waals surface area contributed by atoms with E-state index in [0.717, 1.165) is 23.6 Å². The van der Waals surface area contributed by atoms with E-state index in [1.807, 2.05) is 24.0 Å². The molecular formula is C23H19F3N8O. The van der Waals surface area contributed by atoms with Gasteiger partial charge in [0.2, 0.25) is 11.6 Å². The molecule has 9 nitrogen and oxygen atoms in total. The standard InChI is InChI=1S/C23H19F3N8O/c1-12(13-3-4-19(28-6-13)34-10-15(35)11-34)32-22-31-9-18(27-2)20(33-22)17-8-30-21-16(17)5-14(7-29-21)23(24,25)26/h3-9,12,15,35H,10-11H2,1H3,(H,29,30)(H,31,32,33). The van der Waals surface area contributed by atoms with E-state index in [-0.39, 0.29) is 40.5 Å². The Bertz CT molecular complexity index is 1420. The monoisotopic (exact) mass is 480 g/mol. The van der Waals surface area contributed by atoms with Crippen molar-refractivity contribution in [2.45, 2.75) is 25.2 Å². The van der Waals surface area contributed by atoms with Crippen LogP contribution in [0.15, 0.2) is 43.0 Å². The second-order valence-electron chi connectivity index (χ2n) is 8.23.